The lowest BCUT2D eigenvalue weighted by molar-refractivity contribution is 0.0302. The summed E-state index contributed by atoms with van der Waals surface area (Å²) in [5.41, 5.74) is 0. The van der Waals surface area contributed by atoms with Crippen LogP contribution in [0.3, 0.4) is 0 Å². The number of unbranched alkanes of at least 4 members (excludes halogenated alkanes) is 12. The third-order valence-corrected chi connectivity index (χ3v) is 22.0. The molecule has 6 aliphatic carbocycles. The van der Waals surface area contributed by atoms with E-state index in [-0.39, 0.29) is 0 Å². The second-order valence-corrected chi connectivity index (χ2v) is 26.4. The minimum Gasteiger partial charge on any atom is -0.381 e. The Balaban J connectivity index is 0.986. The van der Waals surface area contributed by atoms with E-state index in [4.69, 9.17) is 4.74 Å². The smallest absolute Gasteiger partial charge is 0.0468 e. The Morgan fingerprint density at radius 3 is 0.791 bits per heavy atom. The first kappa shape index (κ1) is 56.3. The zero-order chi connectivity index (χ0) is 46.7. The number of hydrogen-bond acceptors (Lipinski definition) is 1. The van der Waals surface area contributed by atoms with Crippen LogP contribution in [0.2, 0.25) is 0 Å². The van der Waals surface area contributed by atoms with Crippen molar-refractivity contribution in [2.45, 2.75) is 323 Å². The Morgan fingerprint density at radius 2 is 0.493 bits per heavy atom. The first-order valence-electron chi connectivity index (χ1n) is 32.7. The molecule has 6 saturated carbocycles. The maximum absolute atomic E-state index is 6.99. The molecule has 0 aromatic heterocycles. The molecule has 67 heavy (non-hydrogen) atoms. The van der Waals surface area contributed by atoms with Crippen LogP contribution < -0.4 is 0 Å². The molecular formula is C66H122O. The van der Waals surface area contributed by atoms with E-state index in [0.717, 1.165) is 96.1 Å². The van der Waals surface area contributed by atoms with Gasteiger partial charge in [-0.3, -0.25) is 0 Å². The summed E-state index contributed by atoms with van der Waals surface area (Å²) in [5, 5.41) is 0. The molecule has 0 amide bonds. The highest BCUT2D eigenvalue weighted by Crippen LogP contribution is 2.50. The van der Waals surface area contributed by atoms with E-state index in [2.05, 4.69) is 27.7 Å². The Hall–Kier alpha value is -0.0400. The van der Waals surface area contributed by atoms with E-state index in [9.17, 15) is 0 Å². The number of ether oxygens (including phenoxy) is 1. The highest BCUT2D eigenvalue weighted by atomic mass is 16.5. The van der Waals surface area contributed by atoms with Crippen LogP contribution in [0.15, 0.2) is 0 Å². The third kappa shape index (κ3) is 20.1. The summed E-state index contributed by atoms with van der Waals surface area (Å²) in [4.78, 5) is 0. The van der Waals surface area contributed by atoms with Gasteiger partial charge in [-0.2, -0.15) is 0 Å². The van der Waals surface area contributed by atoms with Gasteiger partial charge in [0.25, 0.3) is 0 Å². The van der Waals surface area contributed by atoms with Crippen molar-refractivity contribution in [2.75, 3.05) is 13.2 Å². The van der Waals surface area contributed by atoms with Crippen molar-refractivity contribution in [1.82, 2.24) is 0 Å². The number of rotatable bonds is 32. The fourth-order valence-corrected chi connectivity index (χ4v) is 17.5. The van der Waals surface area contributed by atoms with Crippen LogP contribution in [-0.2, 0) is 4.74 Å². The Labute approximate surface area is 422 Å². The van der Waals surface area contributed by atoms with Crippen molar-refractivity contribution in [3.63, 3.8) is 0 Å². The van der Waals surface area contributed by atoms with Gasteiger partial charge in [0.1, 0.15) is 0 Å². The van der Waals surface area contributed by atoms with E-state index in [1.54, 1.807) is 128 Å². The van der Waals surface area contributed by atoms with Gasteiger partial charge in [0.05, 0.1) is 0 Å². The predicted octanol–water partition coefficient (Wildman–Crippen LogP) is 21.7. The lowest BCUT2D eigenvalue weighted by Crippen LogP contribution is -2.34. The van der Waals surface area contributed by atoms with Crippen LogP contribution in [-0.4, -0.2) is 13.2 Å². The van der Waals surface area contributed by atoms with Crippen molar-refractivity contribution < 1.29 is 4.74 Å². The molecule has 0 bridgehead atoms. The molecule has 0 aromatic rings. The summed E-state index contributed by atoms with van der Waals surface area (Å²) in [6.07, 6.45) is 69.3. The minimum atomic E-state index is 0.940. The Kier molecular flexibility index (Phi) is 28.2. The molecule has 6 rings (SSSR count). The van der Waals surface area contributed by atoms with Crippen molar-refractivity contribution in [2.24, 2.45) is 82.9 Å². The van der Waals surface area contributed by atoms with Gasteiger partial charge < -0.3 is 4.74 Å². The van der Waals surface area contributed by atoms with Gasteiger partial charge in [0.15, 0.2) is 0 Å². The molecule has 0 N–H and O–H groups in total. The predicted molar refractivity (Wildman–Crippen MR) is 295 cm³/mol. The quantitative estimate of drug-likeness (QED) is 0.0611. The average molecular weight is 932 g/mol. The fraction of sp³-hybridized carbons (Fsp3) is 1.00. The van der Waals surface area contributed by atoms with Crippen LogP contribution >= 0.6 is 0 Å². The lowest BCUT2D eigenvalue weighted by atomic mass is 9.63. The van der Waals surface area contributed by atoms with Gasteiger partial charge in [0.2, 0.25) is 0 Å². The fourth-order valence-electron chi connectivity index (χ4n) is 17.5. The zero-order valence-electron chi connectivity index (χ0n) is 46.4. The van der Waals surface area contributed by atoms with Gasteiger partial charge in [-0.05, 0) is 198 Å². The van der Waals surface area contributed by atoms with Crippen molar-refractivity contribution >= 4 is 0 Å². The first-order valence-corrected chi connectivity index (χ1v) is 32.7. The molecule has 0 aromatic carbocycles. The summed E-state index contributed by atoms with van der Waals surface area (Å²) >= 11 is 0. The molecule has 1 heteroatoms. The van der Waals surface area contributed by atoms with E-state index in [1.807, 2.05) is 0 Å². The standard InChI is InChI=1S/C66H122O/c1-5-9-13-15-19-23-55-29-37-61(38-30-55)65(63-45-41-59(42-46-63)57-33-25-53(26-34-57)21-17-11-7-3)49-51-67-52-50-66(62-39-31-56(32-40-62)24-20-16-14-10-6-2)64-47-43-60(44-48-64)58-35-27-54(28-36-58)22-18-12-8-4/h53-66H,5-52H2,1-4H3/t53-,54-,55-,56-,57-,58-,59-,60-,61-,62-,63-,64-,65?,66?. The maximum atomic E-state index is 6.99. The molecule has 6 fully saturated rings. The zero-order valence-corrected chi connectivity index (χ0v) is 46.4. The molecule has 2 unspecified atom stereocenters. The van der Waals surface area contributed by atoms with Crippen LogP contribution in [0.1, 0.15) is 323 Å². The van der Waals surface area contributed by atoms with E-state index >= 15 is 0 Å². The highest BCUT2D eigenvalue weighted by Gasteiger charge is 2.39. The summed E-state index contributed by atoms with van der Waals surface area (Å²) in [7, 11) is 0. The van der Waals surface area contributed by atoms with Crippen molar-refractivity contribution in [3.8, 4) is 0 Å². The third-order valence-electron chi connectivity index (χ3n) is 22.0. The highest BCUT2D eigenvalue weighted by molar-refractivity contribution is 4.90. The largest absolute Gasteiger partial charge is 0.381 e. The van der Waals surface area contributed by atoms with Crippen LogP contribution in [0.25, 0.3) is 0 Å². The molecule has 2 atom stereocenters. The van der Waals surface area contributed by atoms with Crippen molar-refractivity contribution in [1.29, 1.82) is 0 Å². The van der Waals surface area contributed by atoms with E-state index in [0.29, 0.717) is 0 Å². The van der Waals surface area contributed by atoms with Crippen molar-refractivity contribution in [3.05, 3.63) is 0 Å². The molecule has 1 nitrogen and oxygen atoms in total. The molecule has 0 radical (unpaired) electrons. The van der Waals surface area contributed by atoms with Gasteiger partial charge >= 0.3 is 0 Å². The molecule has 0 aliphatic heterocycles. The van der Waals surface area contributed by atoms with Crippen LogP contribution in [0.5, 0.6) is 0 Å². The minimum absolute atomic E-state index is 0.940. The maximum Gasteiger partial charge on any atom is 0.0468 e. The van der Waals surface area contributed by atoms with E-state index in [1.165, 1.54) is 167 Å². The molecule has 6 aliphatic rings. The molecule has 0 saturated heterocycles. The molecule has 0 spiro atoms. The summed E-state index contributed by atoms with van der Waals surface area (Å²) in [5.74, 6) is 14.2. The van der Waals surface area contributed by atoms with Crippen LogP contribution in [0.4, 0.5) is 0 Å². The van der Waals surface area contributed by atoms with Gasteiger partial charge in [0, 0.05) is 13.2 Å². The SMILES string of the molecule is CCCCCCC[C@H]1CC[C@H](C(CCOCCC([C@H]2CC[C@H](CCCCCCC)CC2)[C@H]2CC[C@H]([C@H]3CC[C@H](CCCCC)CC3)CC2)[C@H]2CC[C@H]([C@H]3CC[C@H](CCCCC)CC3)CC2)CC1. The average Bonchev–Trinajstić information content (AvgIpc) is 3.37. The first-order chi connectivity index (χ1) is 33.1. The second-order valence-electron chi connectivity index (χ2n) is 26.4. The number of hydrogen-bond donors (Lipinski definition) is 0. The Morgan fingerprint density at radius 1 is 0.269 bits per heavy atom. The summed E-state index contributed by atoms with van der Waals surface area (Å²) in [6.45, 7) is 11.6. The monoisotopic (exact) mass is 931 g/mol. The van der Waals surface area contributed by atoms with Gasteiger partial charge in [-0.15, -0.1) is 0 Å². The second kappa shape index (κ2) is 33.6. The topological polar surface area (TPSA) is 9.23 Å². The molecular weight excluding hydrogens is 809 g/mol. The van der Waals surface area contributed by atoms with Gasteiger partial charge in [-0.1, -0.05) is 207 Å². The van der Waals surface area contributed by atoms with E-state index < -0.39 is 0 Å². The molecule has 0 heterocycles. The Bertz CT molecular complexity index is 1050. The summed E-state index contributed by atoms with van der Waals surface area (Å²) < 4.78 is 6.99. The van der Waals surface area contributed by atoms with Crippen LogP contribution in [0, 0.1) is 82.9 Å². The normalized spacial score (nSPS) is 34.2. The lowest BCUT2D eigenvalue weighted by Gasteiger charge is -2.43. The van der Waals surface area contributed by atoms with Gasteiger partial charge in [-0.25, -0.2) is 0 Å². The summed E-state index contributed by atoms with van der Waals surface area (Å²) in [6, 6.07) is 0. The molecule has 392 valence electrons.